The summed E-state index contributed by atoms with van der Waals surface area (Å²) in [7, 11) is 0. The Morgan fingerprint density at radius 3 is 2.76 bits per heavy atom. The summed E-state index contributed by atoms with van der Waals surface area (Å²) in [5.74, 6) is 0.461. The Bertz CT molecular complexity index is 1020. The molecule has 122 valence electrons. The van der Waals surface area contributed by atoms with E-state index in [4.69, 9.17) is 0 Å². The second-order valence-corrected chi connectivity index (χ2v) is 5.75. The number of carbonyl (C=O) groups excluding carboxylic acids is 1. The van der Waals surface area contributed by atoms with Gasteiger partial charge in [-0.2, -0.15) is 0 Å². The Labute approximate surface area is 144 Å². The van der Waals surface area contributed by atoms with Crippen molar-refractivity contribution in [3.63, 3.8) is 0 Å². The van der Waals surface area contributed by atoms with Crippen LogP contribution >= 0.6 is 0 Å². The predicted molar refractivity (Wildman–Crippen MR) is 98.1 cm³/mol. The molecule has 4 aromatic rings. The molecule has 0 bridgehead atoms. The maximum absolute atomic E-state index is 12.2. The van der Waals surface area contributed by atoms with Crippen molar-refractivity contribution in [1.29, 1.82) is 0 Å². The molecule has 2 aromatic carbocycles. The molecule has 1 amide bonds. The van der Waals surface area contributed by atoms with E-state index in [0.29, 0.717) is 12.2 Å². The van der Waals surface area contributed by atoms with Crippen molar-refractivity contribution in [2.75, 3.05) is 5.32 Å². The molecule has 2 aromatic heterocycles. The number of hydrogen-bond donors (Lipinski definition) is 2. The number of nitrogens with zero attached hydrogens (tertiary/aromatic N) is 2. The molecule has 0 fully saturated rings. The highest BCUT2D eigenvalue weighted by molar-refractivity contribution is 5.91. The predicted octanol–water partition coefficient (Wildman–Crippen LogP) is 3.81. The van der Waals surface area contributed by atoms with Crippen LogP contribution in [-0.2, 0) is 11.2 Å². The molecule has 0 atom stereocenters. The molecule has 0 aliphatic carbocycles. The van der Waals surface area contributed by atoms with Gasteiger partial charge in [-0.3, -0.25) is 4.79 Å². The van der Waals surface area contributed by atoms with Crippen molar-refractivity contribution in [1.82, 2.24) is 15.0 Å². The fourth-order valence-electron chi connectivity index (χ4n) is 2.73. The number of aromatic nitrogens is 3. The lowest BCUT2D eigenvalue weighted by Crippen LogP contribution is -2.15. The van der Waals surface area contributed by atoms with Gasteiger partial charge in [-0.15, -0.1) is 0 Å². The lowest BCUT2D eigenvalue weighted by Gasteiger charge is -2.07. The third-order valence-electron chi connectivity index (χ3n) is 3.94. The molecule has 0 radical (unpaired) electrons. The first kappa shape index (κ1) is 15.1. The molecule has 0 spiro atoms. The van der Waals surface area contributed by atoms with Gasteiger partial charge >= 0.3 is 0 Å². The van der Waals surface area contributed by atoms with E-state index in [-0.39, 0.29) is 5.91 Å². The Morgan fingerprint density at radius 2 is 1.88 bits per heavy atom. The molecule has 25 heavy (non-hydrogen) atoms. The smallest absolute Gasteiger partial charge is 0.229 e. The summed E-state index contributed by atoms with van der Waals surface area (Å²) in [6, 6.07) is 21.2. The van der Waals surface area contributed by atoms with Crippen LogP contribution < -0.4 is 5.32 Å². The molecule has 5 nitrogen and oxygen atoms in total. The van der Waals surface area contributed by atoms with Gasteiger partial charge in [0.15, 0.2) is 0 Å². The lowest BCUT2D eigenvalue weighted by molar-refractivity contribution is -0.115. The number of imidazole rings is 1. The van der Waals surface area contributed by atoms with E-state index in [2.05, 4.69) is 20.3 Å². The van der Waals surface area contributed by atoms with Crippen molar-refractivity contribution in [2.24, 2.45) is 0 Å². The summed E-state index contributed by atoms with van der Waals surface area (Å²) < 4.78 is 0. The van der Waals surface area contributed by atoms with E-state index < -0.39 is 0 Å². The third-order valence-corrected chi connectivity index (χ3v) is 3.94. The van der Waals surface area contributed by atoms with Gasteiger partial charge in [-0.05, 0) is 29.8 Å². The molecule has 0 saturated carbocycles. The quantitative estimate of drug-likeness (QED) is 0.598. The molecule has 0 aliphatic rings. The number of aromatic amines is 1. The number of carbonyl (C=O) groups is 1. The monoisotopic (exact) mass is 328 g/mol. The Balaban J connectivity index is 1.53. The van der Waals surface area contributed by atoms with Crippen LogP contribution in [0.5, 0.6) is 0 Å². The van der Waals surface area contributed by atoms with Gasteiger partial charge in [0.2, 0.25) is 5.91 Å². The Morgan fingerprint density at radius 1 is 1.00 bits per heavy atom. The van der Waals surface area contributed by atoms with Crippen LogP contribution in [0.3, 0.4) is 0 Å². The van der Waals surface area contributed by atoms with Gasteiger partial charge in [0, 0.05) is 5.56 Å². The number of benzene rings is 2. The number of hydrogen-bond acceptors (Lipinski definition) is 3. The first-order valence-electron chi connectivity index (χ1n) is 8.02. The number of amides is 1. The second-order valence-electron chi connectivity index (χ2n) is 5.75. The molecule has 4 rings (SSSR count). The summed E-state index contributed by atoms with van der Waals surface area (Å²) in [5.41, 5.74) is 4.61. The van der Waals surface area contributed by atoms with Crippen molar-refractivity contribution in [2.45, 2.75) is 6.42 Å². The highest BCUT2D eigenvalue weighted by Crippen LogP contribution is 2.22. The number of anilines is 1. The summed E-state index contributed by atoms with van der Waals surface area (Å²) in [6.45, 7) is 0. The molecular weight excluding hydrogens is 312 g/mol. The minimum absolute atomic E-state index is 0.0835. The summed E-state index contributed by atoms with van der Waals surface area (Å²) in [6.07, 6.45) is 1.99. The van der Waals surface area contributed by atoms with Gasteiger partial charge in [-0.1, -0.05) is 42.5 Å². The van der Waals surface area contributed by atoms with Crippen molar-refractivity contribution in [3.05, 3.63) is 78.6 Å². The first-order chi connectivity index (χ1) is 12.3. The molecule has 2 heterocycles. The van der Waals surface area contributed by atoms with Gasteiger partial charge in [-0.25, -0.2) is 9.97 Å². The molecular formula is C20H16N4O. The fraction of sp³-hybridized carbons (Fsp3) is 0.0500. The number of nitrogens with one attached hydrogen (secondary N) is 2. The van der Waals surface area contributed by atoms with Crippen LogP contribution in [0.2, 0.25) is 0 Å². The average molecular weight is 328 g/mol. The maximum atomic E-state index is 12.2. The van der Waals surface area contributed by atoms with Gasteiger partial charge < -0.3 is 10.3 Å². The van der Waals surface area contributed by atoms with Crippen LogP contribution in [0, 0.1) is 0 Å². The topological polar surface area (TPSA) is 70.7 Å². The van der Waals surface area contributed by atoms with Crippen molar-refractivity contribution >= 4 is 22.8 Å². The number of fused-ring (bicyclic) bond motifs is 1. The molecule has 5 heteroatoms. The zero-order chi connectivity index (χ0) is 17.1. The number of pyridine rings is 1. The van der Waals surface area contributed by atoms with E-state index in [1.807, 2.05) is 60.7 Å². The molecule has 0 saturated heterocycles. The first-order valence-corrected chi connectivity index (χ1v) is 8.02. The van der Waals surface area contributed by atoms with E-state index >= 15 is 0 Å². The summed E-state index contributed by atoms with van der Waals surface area (Å²) in [5, 5.41) is 2.86. The van der Waals surface area contributed by atoms with Crippen LogP contribution in [0.15, 0.2) is 73.1 Å². The third kappa shape index (κ3) is 3.40. The Hall–Kier alpha value is -3.47. The lowest BCUT2D eigenvalue weighted by atomic mass is 10.1. The Kier molecular flexibility index (Phi) is 3.96. The largest absolute Gasteiger partial charge is 0.345 e. The zero-order valence-electron chi connectivity index (χ0n) is 13.4. The molecule has 0 aliphatic heterocycles. The molecule has 2 N–H and O–H groups in total. The van der Waals surface area contributed by atoms with E-state index in [0.717, 1.165) is 27.9 Å². The second kappa shape index (κ2) is 6.57. The molecule has 0 unspecified atom stereocenters. The van der Waals surface area contributed by atoms with Gasteiger partial charge in [0.1, 0.15) is 5.82 Å². The van der Waals surface area contributed by atoms with Gasteiger partial charge in [0.05, 0.1) is 29.5 Å². The minimum Gasteiger partial charge on any atom is -0.345 e. The van der Waals surface area contributed by atoms with Gasteiger partial charge in [0.25, 0.3) is 0 Å². The minimum atomic E-state index is -0.0835. The van der Waals surface area contributed by atoms with Crippen LogP contribution in [0.4, 0.5) is 5.82 Å². The average Bonchev–Trinajstić information content (AvgIpc) is 3.10. The highest BCUT2D eigenvalue weighted by Gasteiger charge is 2.07. The summed E-state index contributed by atoms with van der Waals surface area (Å²) in [4.78, 5) is 24.1. The van der Waals surface area contributed by atoms with Crippen LogP contribution in [-0.4, -0.2) is 20.9 Å². The van der Waals surface area contributed by atoms with E-state index in [1.165, 1.54) is 0 Å². The normalized spacial score (nSPS) is 10.7. The fourth-order valence-corrected chi connectivity index (χ4v) is 2.73. The maximum Gasteiger partial charge on any atom is 0.229 e. The number of H-pyrrole nitrogens is 1. The van der Waals surface area contributed by atoms with Crippen molar-refractivity contribution < 1.29 is 4.79 Å². The standard InChI is InChI=1S/C20H16N4O/c25-20(11-14-5-2-1-3-6-14)24-19-8-4-7-16(23-19)15-9-10-17-18(12-15)22-13-21-17/h1-10,12-13H,11H2,(H,21,22)(H,23,24,25). The van der Waals surface area contributed by atoms with Crippen molar-refractivity contribution in [3.8, 4) is 11.3 Å². The summed E-state index contributed by atoms with van der Waals surface area (Å²) >= 11 is 0. The SMILES string of the molecule is O=C(Cc1ccccc1)Nc1cccc(-c2ccc3nc[nH]c3c2)n1. The zero-order valence-corrected chi connectivity index (χ0v) is 13.4. The highest BCUT2D eigenvalue weighted by atomic mass is 16.1. The van der Waals surface area contributed by atoms with Crippen LogP contribution in [0.25, 0.3) is 22.3 Å². The van der Waals surface area contributed by atoms with E-state index in [9.17, 15) is 4.79 Å². The van der Waals surface area contributed by atoms with E-state index in [1.54, 1.807) is 12.4 Å². The number of rotatable bonds is 4. The van der Waals surface area contributed by atoms with Crippen LogP contribution in [0.1, 0.15) is 5.56 Å².